The lowest BCUT2D eigenvalue weighted by molar-refractivity contribution is 0.611. The van der Waals surface area contributed by atoms with Crippen molar-refractivity contribution in [3.05, 3.63) is 54.3 Å². The molecule has 1 aromatic rings. The topological polar surface area (TPSA) is 15.6 Å². The van der Waals surface area contributed by atoms with Crippen molar-refractivity contribution in [2.75, 3.05) is 10.2 Å². The first-order valence-corrected chi connectivity index (χ1v) is 7.29. The van der Waals surface area contributed by atoms with E-state index in [2.05, 4.69) is 70.2 Å². The predicted octanol–water partition coefficient (Wildman–Crippen LogP) is 3.76. The summed E-state index contributed by atoms with van der Waals surface area (Å²) in [5.41, 5.74) is 2.47. The number of rotatable bonds is 2. The van der Waals surface area contributed by atoms with Crippen molar-refractivity contribution >= 4 is 27.5 Å². The number of hydrogen-bond acceptors (Lipinski definition) is 2. The van der Waals surface area contributed by atoms with Crippen molar-refractivity contribution < 1.29 is 0 Å². The minimum absolute atomic E-state index is 0.266. The second-order valence-electron chi connectivity index (χ2n) is 4.63. The van der Waals surface area contributed by atoms with Crippen LogP contribution in [0, 0.1) is 5.92 Å². The van der Waals surface area contributed by atoms with Gasteiger partial charge in [-0.05, 0) is 18.2 Å². The molecule has 1 heterocycles. The molecule has 18 heavy (non-hydrogen) atoms. The van der Waals surface area contributed by atoms with Crippen LogP contribution in [0.1, 0.15) is 6.92 Å². The molecule has 0 fully saturated rings. The van der Waals surface area contributed by atoms with Gasteiger partial charge in [0.2, 0.25) is 0 Å². The lowest BCUT2D eigenvalue weighted by Gasteiger charge is -2.26. The molecule has 1 aliphatic heterocycles. The first kappa shape index (κ1) is 11.7. The highest BCUT2D eigenvalue weighted by atomic mass is 79.9. The van der Waals surface area contributed by atoms with Crippen molar-refractivity contribution in [2.45, 2.75) is 13.0 Å². The van der Waals surface area contributed by atoms with Crippen molar-refractivity contribution in [1.29, 1.82) is 0 Å². The summed E-state index contributed by atoms with van der Waals surface area (Å²) in [5.74, 6) is 1.56. The highest BCUT2D eigenvalue weighted by Crippen LogP contribution is 2.34. The molecule has 2 atom stereocenters. The van der Waals surface area contributed by atoms with Crippen molar-refractivity contribution in [1.82, 2.24) is 0 Å². The fourth-order valence-corrected chi connectivity index (χ4v) is 2.93. The molecule has 0 spiro atoms. The van der Waals surface area contributed by atoms with Crippen molar-refractivity contribution in [3.63, 3.8) is 0 Å². The third kappa shape index (κ3) is 1.83. The minimum atomic E-state index is 0.266. The van der Waals surface area contributed by atoms with Gasteiger partial charge in [0.05, 0.1) is 11.4 Å². The van der Waals surface area contributed by atoms with Gasteiger partial charge in [-0.3, -0.25) is 9.89 Å². The Morgan fingerprint density at radius 1 is 1.28 bits per heavy atom. The Labute approximate surface area is 116 Å². The highest BCUT2D eigenvalue weighted by Gasteiger charge is 2.34. The summed E-state index contributed by atoms with van der Waals surface area (Å²) in [6.45, 7) is 2.22. The molecule has 3 rings (SSSR count). The molecule has 1 aromatic carbocycles. The molecule has 92 valence electrons. The number of halogens is 1. The SMILES string of the molecule is CC1C=CC=C2C1N=C(CBr)N2c1ccccc1. The summed E-state index contributed by atoms with van der Waals surface area (Å²) >= 11 is 3.55. The van der Waals surface area contributed by atoms with Crippen LogP contribution in [-0.4, -0.2) is 17.2 Å². The molecular weight excluding hydrogens is 288 g/mol. The standard InChI is InChI=1S/C15H15BrN2/c1-11-6-5-9-13-15(11)17-14(10-16)18(13)12-7-3-2-4-8-12/h2-9,11,15H,10H2,1H3. The van der Waals surface area contributed by atoms with E-state index in [1.165, 1.54) is 11.4 Å². The Morgan fingerprint density at radius 2 is 2.06 bits per heavy atom. The van der Waals surface area contributed by atoms with Gasteiger partial charge in [0.1, 0.15) is 5.84 Å². The largest absolute Gasteiger partial charge is 0.300 e. The first-order valence-electron chi connectivity index (χ1n) is 6.17. The van der Waals surface area contributed by atoms with Crippen LogP contribution < -0.4 is 4.90 Å². The smallest absolute Gasteiger partial charge is 0.119 e. The molecule has 1 aliphatic carbocycles. The first-order chi connectivity index (χ1) is 8.81. The zero-order valence-electron chi connectivity index (χ0n) is 10.3. The van der Waals surface area contributed by atoms with Crippen LogP contribution in [0.3, 0.4) is 0 Å². The Kier molecular flexibility index (Phi) is 3.08. The number of hydrogen-bond donors (Lipinski definition) is 0. The Morgan fingerprint density at radius 3 is 2.78 bits per heavy atom. The maximum atomic E-state index is 4.84. The Bertz CT molecular complexity index is 531. The highest BCUT2D eigenvalue weighted by molar-refractivity contribution is 9.09. The lowest BCUT2D eigenvalue weighted by Crippen LogP contribution is -2.30. The number of aliphatic imine (C=N–C) groups is 1. The minimum Gasteiger partial charge on any atom is -0.300 e. The van der Waals surface area contributed by atoms with Gasteiger partial charge in [-0.1, -0.05) is 53.2 Å². The average Bonchev–Trinajstić information content (AvgIpc) is 2.80. The van der Waals surface area contributed by atoms with Gasteiger partial charge >= 0.3 is 0 Å². The summed E-state index contributed by atoms with van der Waals surface area (Å²) in [6, 6.07) is 10.7. The van der Waals surface area contributed by atoms with Gasteiger partial charge in [-0.2, -0.15) is 0 Å². The van der Waals surface area contributed by atoms with Crippen LogP contribution in [0.25, 0.3) is 0 Å². The van der Waals surface area contributed by atoms with E-state index in [4.69, 9.17) is 4.99 Å². The van der Waals surface area contributed by atoms with Crippen LogP contribution in [0.15, 0.2) is 59.2 Å². The molecule has 0 aromatic heterocycles. The van der Waals surface area contributed by atoms with Crippen LogP contribution >= 0.6 is 15.9 Å². The quantitative estimate of drug-likeness (QED) is 0.760. The Balaban J connectivity index is 2.05. The van der Waals surface area contributed by atoms with E-state index in [0.717, 1.165) is 11.2 Å². The van der Waals surface area contributed by atoms with Gasteiger partial charge in [0.15, 0.2) is 0 Å². The second-order valence-corrected chi connectivity index (χ2v) is 5.19. The normalized spacial score (nSPS) is 25.8. The third-order valence-electron chi connectivity index (χ3n) is 3.42. The van der Waals surface area contributed by atoms with Gasteiger partial charge in [-0.25, -0.2) is 0 Å². The summed E-state index contributed by atoms with van der Waals surface area (Å²) in [5, 5.41) is 0.780. The van der Waals surface area contributed by atoms with Crippen LogP contribution in [0.2, 0.25) is 0 Å². The van der Waals surface area contributed by atoms with E-state index >= 15 is 0 Å². The van der Waals surface area contributed by atoms with Gasteiger partial charge in [0, 0.05) is 17.3 Å². The number of allylic oxidation sites excluding steroid dienone is 2. The number of fused-ring (bicyclic) bond motifs is 1. The second kappa shape index (κ2) is 4.73. The Hall–Kier alpha value is -1.35. The van der Waals surface area contributed by atoms with E-state index in [0.29, 0.717) is 5.92 Å². The van der Waals surface area contributed by atoms with E-state index in [9.17, 15) is 0 Å². The number of para-hydroxylation sites is 1. The molecule has 0 radical (unpaired) electrons. The van der Waals surface area contributed by atoms with E-state index in [-0.39, 0.29) is 6.04 Å². The van der Waals surface area contributed by atoms with Gasteiger partial charge in [0.25, 0.3) is 0 Å². The maximum Gasteiger partial charge on any atom is 0.119 e. The fraction of sp³-hybridized carbons (Fsp3) is 0.267. The molecule has 2 unspecified atom stereocenters. The molecule has 2 aliphatic rings. The number of alkyl halides is 1. The molecule has 0 saturated carbocycles. The summed E-state index contributed by atoms with van der Waals surface area (Å²) < 4.78 is 0. The molecule has 3 heteroatoms. The number of anilines is 1. The van der Waals surface area contributed by atoms with Crippen molar-refractivity contribution in [3.8, 4) is 0 Å². The molecule has 0 amide bonds. The monoisotopic (exact) mass is 302 g/mol. The maximum absolute atomic E-state index is 4.84. The average molecular weight is 303 g/mol. The van der Waals surface area contributed by atoms with E-state index in [1.54, 1.807) is 0 Å². The zero-order valence-corrected chi connectivity index (χ0v) is 11.8. The summed E-state index contributed by atoms with van der Waals surface area (Å²) in [7, 11) is 0. The molecule has 0 saturated heterocycles. The van der Waals surface area contributed by atoms with Gasteiger partial charge < -0.3 is 0 Å². The van der Waals surface area contributed by atoms with Crippen LogP contribution in [0.4, 0.5) is 5.69 Å². The molecule has 2 nitrogen and oxygen atoms in total. The molecule has 0 N–H and O–H groups in total. The van der Waals surface area contributed by atoms with Crippen LogP contribution in [0.5, 0.6) is 0 Å². The molecular formula is C15H15BrN2. The number of benzene rings is 1. The van der Waals surface area contributed by atoms with E-state index < -0.39 is 0 Å². The third-order valence-corrected chi connectivity index (χ3v) is 3.92. The molecule has 0 bridgehead atoms. The zero-order chi connectivity index (χ0) is 12.5. The van der Waals surface area contributed by atoms with E-state index in [1.807, 2.05) is 6.07 Å². The number of nitrogens with zero attached hydrogens (tertiary/aromatic N) is 2. The summed E-state index contributed by atoms with van der Waals surface area (Å²) in [4.78, 5) is 7.11. The summed E-state index contributed by atoms with van der Waals surface area (Å²) in [6.07, 6.45) is 6.54. The predicted molar refractivity (Wildman–Crippen MR) is 80.3 cm³/mol. The number of amidine groups is 1. The van der Waals surface area contributed by atoms with Crippen LogP contribution in [-0.2, 0) is 0 Å². The lowest BCUT2D eigenvalue weighted by atomic mass is 9.95. The van der Waals surface area contributed by atoms with Gasteiger partial charge in [-0.15, -0.1) is 0 Å². The van der Waals surface area contributed by atoms with Crippen molar-refractivity contribution in [2.24, 2.45) is 10.9 Å². The fourth-order valence-electron chi connectivity index (χ4n) is 2.53.